The number of fused-ring (bicyclic) bond motifs is 1. The number of anilines is 3. The molecule has 1 amide bonds. The first kappa shape index (κ1) is 19.7. The summed E-state index contributed by atoms with van der Waals surface area (Å²) in [5, 5.41) is 14.9. The Balaban J connectivity index is 1.50. The first-order chi connectivity index (χ1) is 15.6. The molecule has 0 saturated carbocycles. The zero-order valence-corrected chi connectivity index (χ0v) is 17.5. The second kappa shape index (κ2) is 8.12. The number of carbonyl (C=O) groups is 1. The Kier molecular flexibility index (Phi) is 5.00. The highest BCUT2D eigenvalue weighted by Crippen LogP contribution is 2.28. The summed E-state index contributed by atoms with van der Waals surface area (Å²) in [5.74, 6) is 0.506. The Labute approximate surface area is 187 Å². The lowest BCUT2D eigenvalue weighted by Gasteiger charge is -2.12. The van der Waals surface area contributed by atoms with E-state index in [9.17, 15) is 4.79 Å². The largest absolute Gasteiger partial charge is 0.363 e. The van der Waals surface area contributed by atoms with Gasteiger partial charge in [0.15, 0.2) is 11.5 Å². The summed E-state index contributed by atoms with van der Waals surface area (Å²) in [6.07, 6.45) is 3.06. The van der Waals surface area contributed by atoms with Crippen LogP contribution >= 0.6 is 11.6 Å². The Bertz CT molecular complexity index is 1420. The minimum Gasteiger partial charge on any atom is -0.363 e. The van der Waals surface area contributed by atoms with E-state index in [1.165, 1.54) is 6.26 Å². The van der Waals surface area contributed by atoms with E-state index in [0.29, 0.717) is 33.9 Å². The molecule has 3 aromatic heterocycles. The van der Waals surface area contributed by atoms with E-state index in [-0.39, 0.29) is 11.2 Å². The molecule has 9 nitrogen and oxygen atoms in total. The molecule has 2 N–H and O–H groups in total. The predicted molar refractivity (Wildman–Crippen MR) is 121 cm³/mol. The van der Waals surface area contributed by atoms with Crippen molar-refractivity contribution in [1.29, 1.82) is 0 Å². The Morgan fingerprint density at radius 2 is 1.94 bits per heavy atom. The molecule has 0 unspecified atom stereocenters. The zero-order valence-electron chi connectivity index (χ0n) is 16.8. The second-order valence-electron chi connectivity index (χ2n) is 6.96. The fourth-order valence-corrected chi connectivity index (χ4v) is 3.39. The highest BCUT2D eigenvalue weighted by Gasteiger charge is 2.16. The zero-order chi connectivity index (χ0) is 22.1. The lowest BCUT2D eigenvalue weighted by molar-refractivity contribution is 0.102. The average molecular weight is 446 g/mol. The number of aryl methyl sites for hydroxylation is 1. The molecule has 32 heavy (non-hydrogen) atoms. The summed E-state index contributed by atoms with van der Waals surface area (Å²) in [7, 11) is 0. The number of aromatic nitrogens is 5. The maximum atomic E-state index is 12.6. The number of amides is 1. The third-order valence-corrected chi connectivity index (χ3v) is 5.00. The molecule has 0 fully saturated rings. The van der Waals surface area contributed by atoms with Crippen LogP contribution in [0.1, 0.15) is 15.9 Å². The van der Waals surface area contributed by atoms with Gasteiger partial charge in [-0.25, -0.2) is 4.68 Å². The van der Waals surface area contributed by atoms with Gasteiger partial charge in [0.2, 0.25) is 5.28 Å². The topological polar surface area (TPSA) is 111 Å². The fraction of sp³-hybridized carbons (Fsp3) is 0.0455. The van der Waals surface area contributed by atoms with E-state index in [4.69, 9.17) is 16.1 Å². The molecule has 10 heteroatoms. The second-order valence-corrected chi connectivity index (χ2v) is 7.30. The molecule has 0 saturated heterocycles. The third kappa shape index (κ3) is 3.77. The average Bonchev–Trinajstić information content (AvgIpc) is 3.45. The van der Waals surface area contributed by atoms with Crippen LogP contribution in [0.4, 0.5) is 17.3 Å². The van der Waals surface area contributed by atoms with Gasteiger partial charge in [0.1, 0.15) is 12.1 Å². The van der Waals surface area contributed by atoms with Gasteiger partial charge in [-0.05, 0) is 48.4 Å². The van der Waals surface area contributed by atoms with Gasteiger partial charge in [-0.15, -0.1) is 0 Å². The Hall–Kier alpha value is -4.24. The van der Waals surface area contributed by atoms with Gasteiger partial charge in [-0.2, -0.15) is 15.1 Å². The molecule has 0 aliphatic rings. The number of halogens is 1. The van der Waals surface area contributed by atoms with Crippen LogP contribution < -0.4 is 10.6 Å². The third-order valence-electron chi connectivity index (χ3n) is 4.83. The van der Waals surface area contributed by atoms with E-state index in [1.54, 1.807) is 29.1 Å². The van der Waals surface area contributed by atoms with Crippen LogP contribution in [0, 0.1) is 6.92 Å². The van der Waals surface area contributed by atoms with E-state index in [1.807, 2.05) is 43.3 Å². The van der Waals surface area contributed by atoms with Crippen LogP contribution in [-0.4, -0.2) is 30.8 Å². The van der Waals surface area contributed by atoms with Crippen molar-refractivity contribution in [2.45, 2.75) is 6.92 Å². The summed E-state index contributed by atoms with van der Waals surface area (Å²) in [6.45, 7) is 1.93. The number of rotatable bonds is 5. The SMILES string of the molecule is Cc1ccc(C(=O)Nc2ccon2)cc1Nc1nc(Cl)nc2c1cnn2-c1ccccc1. The molecule has 0 spiro atoms. The summed E-state index contributed by atoms with van der Waals surface area (Å²) in [4.78, 5) is 21.3. The first-order valence-electron chi connectivity index (χ1n) is 9.64. The molecule has 0 bridgehead atoms. The van der Waals surface area contributed by atoms with Crippen LogP contribution in [0.3, 0.4) is 0 Å². The van der Waals surface area contributed by atoms with Gasteiger partial charge in [0.05, 0.1) is 17.3 Å². The smallest absolute Gasteiger partial charge is 0.256 e. The molecule has 0 radical (unpaired) electrons. The number of carbonyl (C=O) groups excluding carboxylic acids is 1. The van der Waals surface area contributed by atoms with Crippen LogP contribution in [-0.2, 0) is 0 Å². The van der Waals surface area contributed by atoms with Crippen LogP contribution in [0.2, 0.25) is 5.28 Å². The molecule has 0 atom stereocenters. The number of nitrogens with one attached hydrogen (secondary N) is 2. The molecule has 5 rings (SSSR count). The van der Waals surface area contributed by atoms with Gasteiger partial charge < -0.3 is 15.2 Å². The molecule has 3 heterocycles. The molecule has 0 aliphatic heterocycles. The maximum Gasteiger partial charge on any atom is 0.256 e. The number of hydrogen-bond acceptors (Lipinski definition) is 7. The highest BCUT2D eigenvalue weighted by molar-refractivity contribution is 6.28. The molecule has 158 valence electrons. The number of benzene rings is 2. The van der Waals surface area contributed by atoms with E-state index < -0.39 is 0 Å². The summed E-state index contributed by atoms with van der Waals surface area (Å²) >= 11 is 6.22. The first-order valence-corrected chi connectivity index (χ1v) is 10.0. The summed E-state index contributed by atoms with van der Waals surface area (Å²) in [6, 6.07) is 16.5. The Morgan fingerprint density at radius 3 is 2.72 bits per heavy atom. The van der Waals surface area contributed by atoms with E-state index >= 15 is 0 Å². The lowest BCUT2D eigenvalue weighted by atomic mass is 10.1. The molecule has 0 aliphatic carbocycles. The van der Waals surface area contributed by atoms with Crippen LogP contribution in [0.5, 0.6) is 0 Å². The lowest BCUT2D eigenvalue weighted by Crippen LogP contribution is -2.12. The van der Waals surface area contributed by atoms with Gasteiger partial charge in [-0.3, -0.25) is 4.79 Å². The number of nitrogens with zero attached hydrogens (tertiary/aromatic N) is 5. The molecular formula is C22H16ClN7O2. The number of para-hydroxylation sites is 1. The molecule has 2 aromatic carbocycles. The fourth-order valence-electron chi connectivity index (χ4n) is 3.23. The predicted octanol–water partition coefficient (Wildman–Crippen LogP) is 4.76. The summed E-state index contributed by atoms with van der Waals surface area (Å²) in [5.41, 5.74) is 3.47. The van der Waals surface area contributed by atoms with Gasteiger partial charge in [0.25, 0.3) is 5.91 Å². The van der Waals surface area contributed by atoms with Crippen molar-refractivity contribution < 1.29 is 9.32 Å². The van der Waals surface area contributed by atoms with Crippen molar-refractivity contribution in [3.8, 4) is 5.69 Å². The van der Waals surface area contributed by atoms with Crippen molar-refractivity contribution in [3.05, 3.63) is 83.5 Å². The minimum absolute atomic E-state index is 0.0789. The van der Waals surface area contributed by atoms with Crippen molar-refractivity contribution in [2.75, 3.05) is 10.6 Å². The van der Waals surface area contributed by atoms with E-state index in [0.717, 1.165) is 11.3 Å². The van der Waals surface area contributed by atoms with Crippen LogP contribution in [0.15, 0.2) is 71.6 Å². The van der Waals surface area contributed by atoms with Crippen molar-refractivity contribution in [1.82, 2.24) is 24.9 Å². The highest BCUT2D eigenvalue weighted by atomic mass is 35.5. The quantitative estimate of drug-likeness (QED) is 0.375. The minimum atomic E-state index is -0.315. The molecular weight excluding hydrogens is 430 g/mol. The van der Waals surface area contributed by atoms with Crippen LogP contribution in [0.25, 0.3) is 16.7 Å². The number of hydrogen-bond donors (Lipinski definition) is 2. The normalized spacial score (nSPS) is 10.9. The van der Waals surface area contributed by atoms with Gasteiger partial charge >= 0.3 is 0 Å². The summed E-state index contributed by atoms with van der Waals surface area (Å²) < 4.78 is 6.44. The monoisotopic (exact) mass is 445 g/mol. The van der Waals surface area contributed by atoms with E-state index in [2.05, 4.69) is 30.9 Å². The van der Waals surface area contributed by atoms with Gasteiger partial charge in [0, 0.05) is 17.3 Å². The van der Waals surface area contributed by atoms with Crippen molar-refractivity contribution in [2.24, 2.45) is 0 Å². The molecule has 5 aromatic rings. The van der Waals surface area contributed by atoms with Crippen molar-refractivity contribution in [3.63, 3.8) is 0 Å². The maximum absolute atomic E-state index is 12.6. The van der Waals surface area contributed by atoms with Gasteiger partial charge in [-0.1, -0.05) is 29.4 Å². The van der Waals surface area contributed by atoms with Crippen molar-refractivity contribution >= 4 is 45.9 Å². The Morgan fingerprint density at radius 1 is 1.09 bits per heavy atom. The standard InChI is InChI=1S/C22H16ClN7O2/c1-13-7-8-14(21(31)26-18-9-10-32-29-18)11-17(13)25-19-16-12-24-30(15-5-3-2-4-6-15)20(16)28-22(23)27-19/h2-12H,1H3,(H,25,27,28)(H,26,29,31).